The van der Waals surface area contributed by atoms with Crippen LogP contribution in [0.4, 0.5) is 0 Å². The smallest absolute Gasteiger partial charge is 0.119 e. The number of rotatable bonds is 6. The molecule has 0 aliphatic carbocycles. The molecule has 0 heterocycles. The average Bonchev–Trinajstić information content (AvgIpc) is 2.47. The molecule has 2 rings (SSSR count). The highest BCUT2D eigenvalue weighted by atomic mass is 16.5. The molecule has 1 unspecified atom stereocenters. The molecule has 19 heavy (non-hydrogen) atoms. The zero-order valence-electron chi connectivity index (χ0n) is 11.6. The fourth-order valence-corrected chi connectivity index (χ4v) is 2.00. The van der Waals surface area contributed by atoms with Crippen molar-refractivity contribution in [3.8, 4) is 16.9 Å². The van der Waals surface area contributed by atoms with Crippen LogP contribution in [0.25, 0.3) is 11.1 Å². The minimum absolute atomic E-state index is 0.374. The molecule has 0 saturated carbocycles. The molecule has 0 aromatic heterocycles. The van der Waals surface area contributed by atoms with E-state index in [0.717, 1.165) is 12.3 Å². The van der Waals surface area contributed by atoms with Crippen molar-refractivity contribution in [3.05, 3.63) is 54.6 Å². The maximum absolute atomic E-state index is 5.75. The van der Waals surface area contributed by atoms with E-state index < -0.39 is 0 Å². The molecule has 0 bridgehead atoms. The third-order valence-corrected chi connectivity index (χ3v) is 3.01. The molecule has 0 spiro atoms. The molecule has 2 aromatic carbocycles. The Balaban J connectivity index is 1.95. The molecule has 0 amide bonds. The van der Waals surface area contributed by atoms with Crippen LogP contribution in [0.3, 0.4) is 0 Å². The summed E-state index contributed by atoms with van der Waals surface area (Å²) in [5.41, 5.74) is 2.45. The topological polar surface area (TPSA) is 21.3 Å². The van der Waals surface area contributed by atoms with Gasteiger partial charge in [0.2, 0.25) is 0 Å². The van der Waals surface area contributed by atoms with Gasteiger partial charge in [-0.3, -0.25) is 0 Å². The summed E-state index contributed by atoms with van der Waals surface area (Å²) in [4.78, 5) is 0. The Labute approximate surface area is 115 Å². The minimum Gasteiger partial charge on any atom is -0.492 e. The van der Waals surface area contributed by atoms with Gasteiger partial charge in [0.25, 0.3) is 0 Å². The maximum Gasteiger partial charge on any atom is 0.119 e. The van der Waals surface area contributed by atoms with E-state index in [1.54, 1.807) is 0 Å². The van der Waals surface area contributed by atoms with Crippen LogP contribution in [0.2, 0.25) is 0 Å². The van der Waals surface area contributed by atoms with Crippen molar-refractivity contribution < 1.29 is 4.74 Å². The summed E-state index contributed by atoms with van der Waals surface area (Å²) in [5, 5.41) is 3.33. The Morgan fingerprint density at radius 3 is 2.21 bits per heavy atom. The van der Waals surface area contributed by atoms with E-state index in [2.05, 4.69) is 55.6 Å². The summed E-state index contributed by atoms with van der Waals surface area (Å²) >= 11 is 0. The summed E-state index contributed by atoms with van der Waals surface area (Å²) in [7, 11) is 0. The molecule has 2 nitrogen and oxygen atoms in total. The van der Waals surface area contributed by atoms with E-state index in [9.17, 15) is 0 Å². The minimum atomic E-state index is 0.374. The first kappa shape index (κ1) is 13.6. The fourth-order valence-electron chi connectivity index (χ4n) is 2.00. The van der Waals surface area contributed by atoms with Crippen LogP contribution in [-0.2, 0) is 0 Å². The zero-order chi connectivity index (χ0) is 13.5. The second kappa shape index (κ2) is 6.95. The lowest BCUT2D eigenvalue weighted by Gasteiger charge is -2.13. The van der Waals surface area contributed by atoms with Crippen LogP contribution < -0.4 is 10.1 Å². The first-order valence-corrected chi connectivity index (χ1v) is 6.81. The van der Waals surface area contributed by atoms with Crippen molar-refractivity contribution in [2.75, 3.05) is 13.2 Å². The van der Waals surface area contributed by atoms with Crippen LogP contribution in [0.5, 0.6) is 5.75 Å². The third-order valence-electron chi connectivity index (χ3n) is 3.01. The van der Waals surface area contributed by atoms with E-state index >= 15 is 0 Å². The number of nitrogens with one attached hydrogen (secondary N) is 1. The van der Waals surface area contributed by atoms with Gasteiger partial charge in [-0.2, -0.15) is 0 Å². The van der Waals surface area contributed by atoms with E-state index in [1.807, 2.05) is 18.2 Å². The van der Waals surface area contributed by atoms with Crippen molar-refractivity contribution in [1.82, 2.24) is 5.32 Å². The number of hydrogen-bond donors (Lipinski definition) is 1. The molecule has 1 N–H and O–H groups in total. The van der Waals surface area contributed by atoms with Crippen molar-refractivity contribution in [2.24, 2.45) is 0 Å². The first-order chi connectivity index (χ1) is 9.29. The Morgan fingerprint density at radius 2 is 1.58 bits per heavy atom. The Bertz CT molecular complexity index is 478. The van der Waals surface area contributed by atoms with Gasteiger partial charge in [-0.05, 0) is 36.7 Å². The quantitative estimate of drug-likeness (QED) is 0.849. The highest BCUT2D eigenvalue weighted by Gasteiger charge is 2.01. The summed E-state index contributed by atoms with van der Waals surface area (Å²) in [6.45, 7) is 5.89. The molecule has 2 aromatic rings. The largest absolute Gasteiger partial charge is 0.492 e. The molecule has 2 heteroatoms. The molecule has 0 saturated heterocycles. The molecular formula is C17H21NO. The second-order valence-electron chi connectivity index (χ2n) is 4.66. The van der Waals surface area contributed by atoms with Crippen molar-refractivity contribution in [2.45, 2.75) is 19.9 Å². The zero-order valence-corrected chi connectivity index (χ0v) is 11.6. The van der Waals surface area contributed by atoms with Gasteiger partial charge < -0.3 is 10.1 Å². The fraction of sp³-hybridized carbons (Fsp3) is 0.294. The molecule has 0 radical (unpaired) electrons. The lowest BCUT2D eigenvalue weighted by molar-refractivity contribution is 0.275. The van der Waals surface area contributed by atoms with Crippen molar-refractivity contribution >= 4 is 0 Å². The Hall–Kier alpha value is -1.80. The van der Waals surface area contributed by atoms with Gasteiger partial charge in [-0.1, -0.05) is 49.4 Å². The van der Waals surface area contributed by atoms with Gasteiger partial charge in [-0.15, -0.1) is 0 Å². The van der Waals surface area contributed by atoms with Gasteiger partial charge in [0.05, 0.1) is 0 Å². The van der Waals surface area contributed by atoms with Gasteiger partial charge in [-0.25, -0.2) is 0 Å². The SMILES string of the molecule is CCNC(C)COc1ccc(-c2ccccc2)cc1. The first-order valence-electron chi connectivity index (χ1n) is 6.81. The third kappa shape index (κ3) is 4.11. The Kier molecular flexibility index (Phi) is 4.99. The van der Waals surface area contributed by atoms with E-state index in [0.29, 0.717) is 12.6 Å². The number of ether oxygens (including phenoxy) is 1. The summed E-state index contributed by atoms with van der Waals surface area (Å²) in [6, 6.07) is 19.0. The summed E-state index contributed by atoms with van der Waals surface area (Å²) in [5.74, 6) is 0.921. The predicted molar refractivity (Wildman–Crippen MR) is 80.5 cm³/mol. The second-order valence-corrected chi connectivity index (χ2v) is 4.66. The Morgan fingerprint density at radius 1 is 0.947 bits per heavy atom. The van der Waals surface area contributed by atoms with Gasteiger partial charge in [0.1, 0.15) is 12.4 Å². The lowest BCUT2D eigenvalue weighted by Crippen LogP contribution is -2.31. The molecule has 0 aliphatic rings. The summed E-state index contributed by atoms with van der Waals surface area (Å²) < 4.78 is 5.75. The highest BCUT2D eigenvalue weighted by Crippen LogP contribution is 2.21. The lowest BCUT2D eigenvalue weighted by atomic mass is 10.1. The number of hydrogen-bond acceptors (Lipinski definition) is 2. The average molecular weight is 255 g/mol. The van der Waals surface area contributed by atoms with Crippen molar-refractivity contribution in [3.63, 3.8) is 0 Å². The highest BCUT2D eigenvalue weighted by molar-refractivity contribution is 5.63. The van der Waals surface area contributed by atoms with Crippen LogP contribution in [0.15, 0.2) is 54.6 Å². The molecular weight excluding hydrogens is 234 g/mol. The van der Waals surface area contributed by atoms with Crippen LogP contribution in [0, 0.1) is 0 Å². The van der Waals surface area contributed by atoms with Crippen molar-refractivity contribution in [1.29, 1.82) is 0 Å². The van der Waals surface area contributed by atoms with Gasteiger partial charge in [0.15, 0.2) is 0 Å². The predicted octanol–water partition coefficient (Wildman–Crippen LogP) is 3.73. The van der Waals surface area contributed by atoms with Gasteiger partial charge in [0, 0.05) is 6.04 Å². The molecule has 0 fully saturated rings. The standard InChI is InChI=1S/C17H21NO/c1-3-18-14(2)13-19-17-11-9-16(10-12-17)15-7-5-4-6-8-15/h4-12,14,18H,3,13H2,1-2H3. The molecule has 0 aliphatic heterocycles. The van der Waals surface area contributed by atoms with E-state index in [-0.39, 0.29) is 0 Å². The molecule has 100 valence electrons. The summed E-state index contributed by atoms with van der Waals surface area (Å²) in [6.07, 6.45) is 0. The van der Waals surface area contributed by atoms with Crippen LogP contribution in [0.1, 0.15) is 13.8 Å². The van der Waals surface area contributed by atoms with Crippen LogP contribution in [-0.4, -0.2) is 19.2 Å². The number of benzene rings is 2. The van der Waals surface area contributed by atoms with Gasteiger partial charge >= 0.3 is 0 Å². The van der Waals surface area contributed by atoms with Crippen LogP contribution >= 0.6 is 0 Å². The maximum atomic E-state index is 5.75. The molecule has 1 atom stereocenters. The monoisotopic (exact) mass is 255 g/mol. The van der Waals surface area contributed by atoms with E-state index in [4.69, 9.17) is 4.74 Å². The van der Waals surface area contributed by atoms with E-state index in [1.165, 1.54) is 11.1 Å². The normalized spacial score (nSPS) is 12.1. The number of likely N-dealkylation sites (N-methyl/N-ethyl adjacent to an activating group) is 1.